The third kappa shape index (κ3) is 3.86. The van der Waals surface area contributed by atoms with Gasteiger partial charge in [-0.3, -0.25) is 9.78 Å². The molecule has 0 aliphatic carbocycles. The molecule has 2 rings (SSSR count). The molecule has 0 fully saturated rings. The quantitative estimate of drug-likeness (QED) is 0.925. The number of carbonyl (C=O) groups is 1. The molecule has 0 aliphatic rings. The molecule has 20 heavy (non-hydrogen) atoms. The molecular formula is C15H18N4O. The fraction of sp³-hybridized carbons (Fsp3) is 0.267. The molecule has 104 valence electrons. The van der Waals surface area contributed by atoms with Gasteiger partial charge in [-0.1, -0.05) is 24.3 Å². The van der Waals surface area contributed by atoms with E-state index in [-0.39, 0.29) is 5.91 Å². The van der Waals surface area contributed by atoms with E-state index in [9.17, 15) is 4.79 Å². The van der Waals surface area contributed by atoms with Crippen molar-refractivity contribution in [3.63, 3.8) is 0 Å². The van der Waals surface area contributed by atoms with E-state index in [1.165, 1.54) is 18.7 Å². The van der Waals surface area contributed by atoms with Gasteiger partial charge < -0.3 is 10.2 Å². The molecule has 1 aromatic carbocycles. The maximum Gasteiger partial charge on any atom is 0.222 e. The van der Waals surface area contributed by atoms with Crippen molar-refractivity contribution in [2.45, 2.75) is 13.5 Å². The van der Waals surface area contributed by atoms with Crippen LogP contribution in [-0.4, -0.2) is 34.9 Å². The number of amides is 1. The molecule has 1 N–H and O–H groups in total. The van der Waals surface area contributed by atoms with E-state index in [0.29, 0.717) is 5.82 Å². The minimum Gasteiger partial charge on any atom is -0.310 e. The van der Waals surface area contributed by atoms with Gasteiger partial charge in [0.2, 0.25) is 5.91 Å². The normalized spacial score (nSPS) is 10.6. The molecule has 0 atom stereocenters. The highest BCUT2D eigenvalue weighted by atomic mass is 16.1. The molecule has 0 aliphatic heterocycles. The summed E-state index contributed by atoms with van der Waals surface area (Å²) in [6, 6.07) is 8.17. The standard InChI is InChI=1S/C15H18N4O/c1-11(20)17-15-9-16-8-14(18-15)13-6-4-12(5-7-13)10-19(2)3/h4-9H,10H2,1-3H3,(H,17,18,20). The second kappa shape index (κ2) is 6.25. The predicted octanol–water partition coefficient (Wildman–Crippen LogP) is 2.16. The zero-order valence-corrected chi connectivity index (χ0v) is 11.9. The van der Waals surface area contributed by atoms with Crippen molar-refractivity contribution in [2.24, 2.45) is 0 Å². The van der Waals surface area contributed by atoms with Crippen molar-refractivity contribution in [2.75, 3.05) is 19.4 Å². The highest BCUT2D eigenvalue weighted by molar-refractivity contribution is 5.87. The summed E-state index contributed by atoms with van der Waals surface area (Å²) in [5.41, 5.74) is 2.96. The number of hydrogen-bond donors (Lipinski definition) is 1. The number of anilines is 1. The molecule has 5 heteroatoms. The van der Waals surface area contributed by atoms with E-state index < -0.39 is 0 Å². The maximum absolute atomic E-state index is 11.0. The lowest BCUT2D eigenvalue weighted by molar-refractivity contribution is -0.114. The fourth-order valence-electron chi connectivity index (χ4n) is 1.89. The number of aromatic nitrogens is 2. The zero-order valence-electron chi connectivity index (χ0n) is 11.9. The second-order valence-corrected chi connectivity index (χ2v) is 4.91. The van der Waals surface area contributed by atoms with Crippen LogP contribution in [0, 0.1) is 0 Å². The molecule has 0 saturated heterocycles. The summed E-state index contributed by atoms with van der Waals surface area (Å²) in [6.45, 7) is 2.35. The molecule has 1 amide bonds. The Kier molecular flexibility index (Phi) is 4.42. The molecule has 0 unspecified atom stereocenters. The van der Waals surface area contributed by atoms with Gasteiger partial charge in [-0.15, -0.1) is 0 Å². The molecular weight excluding hydrogens is 252 g/mol. The van der Waals surface area contributed by atoms with Gasteiger partial charge in [0.05, 0.1) is 18.1 Å². The summed E-state index contributed by atoms with van der Waals surface area (Å²) in [6.07, 6.45) is 3.22. The summed E-state index contributed by atoms with van der Waals surface area (Å²) in [4.78, 5) is 21.6. The Labute approximate surface area is 118 Å². The van der Waals surface area contributed by atoms with Crippen LogP contribution in [0.15, 0.2) is 36.7 Å². The van der Waals surface area contributed by atoms with Gasteiger partial charge in [-0.25, -0.2) is 4.98 Å². The van der Waals surface area contributed by atoms with Crippen LogP contribution in [0.5, 0.6) is 0 Å². The summed E-state index contributed by atoms with van der Waals surface area (Å²) < 4.78 is 0. The smallest absolute Gasteiger partial charge is 0.222 e. The van der Waals surface area contributed by atoms with Gasteiger partial charge in [0.25, 0.3) is 0 Å². The maximum atomic E-state index is 11.0. The van der Waals surface area contributed by atoms with E-state index >= 15 is 0 Å². The van der Waals surface area contributed by atoms with Crippen LogP contribution < -0.4 is 5.32 Å². The van der Waals surface area contributed by atoms with Gasteiger partial charge in [-0.2, -0.15) is 0 Å². The molecule has 5 nitrogen and oxygen atoms in total. The van der Waals surface area contributed by atoms with Crippen molar-refractivity contribution < 1.29 is 4.79 Å². The Morgan fingerprint density at radius 1 is 1.20 bits per heavy atom. The van der Waals surface area contributed by atoms with Gasteiger partial charge in [0.1, 0.15) is 0 Å². The van der Waals surface area contributed by atoms with Crippen LogP contribution in [0.1, 0.15) is 12.5 Å². The lowest BCUT2D eigenvalue weighted by Gasteiger charge is -2.10. The molecule has 0 saturated carbocycles. The van der Waals surface area contributed by atoms with Gasteiger partial charge in [0.15, 0.2) is 5.82 Å². The van der Waals surface area contributed by atoms with E-state index in [4.69, 9.17) is 0 Å². The topological polar surface area (TPSA) is 58.1 Å². The second-order valence-electron chi connectivity index (χ2n) is 4.91. The Bertz CT molecular complexity index is 593. The first kappa shape index (κ1) is 14.1. The Hall–Kier alpha value is -2.27. The molecule has 0 spiro atoms. The van der Waals surface area contributed by atoms with Crippen molar-refractivity contribution in [3.05, 3.63) is 42.2 Å². The van der Waals surface area contributed by atoms with E-state index in [1.54, 1.807) is 6.20 Å². The van der Waals surface area contributed by atoms with Crippen molar-refractivity contribution in [1.82, 2.24) is 14.9 Å². The first-order valence-electron chi connectivity index (χ1n) is 6.38. The van der Waals surface area contributed by atoms with Gasteiger partial charge in [0, 0.05) is 19.0 Å². The third-order valence-electron chi connectivity index (χ3n) is 2.69. The molecule has 2 aromatic rings. The van der Waals surface area contributed by atoms with E-state index in [0.717, 1.165) is 17.8 Å². The lowest BCUT2D eigenvalue weighted by atomic mass is 10.1. The fourth-order valence-corrected chi connectivity index (χ4v) is 1.89. The lowest BCUT2D eigenvalue weighted by Crippen LogP contribution is -2.10. The summed E-state index contributed by atoms with van der Waals surface area (Å²) in [5, 5.41) is 2.63. The monoisotopic (exact) mass is 270 g/mol. The number of nitrogens with zero attached hydrogens (tertiary/aromatic N) is 3. The first-order chi connectivity index (χ1) is 9.54. The number of carbonyl (C=O) groups excluding carboxylic acids is 1. The predicted molar refractivity (Wildman–Crippen MR) is 79.2 cm³/mol. The van der Waals surface area contributed by atoms with Gasteiger partial charge >= 0.3 is 0 Å². The minimum absolute atomic E-state index is 0.155. The van der Waals surface area contributed by atoms with Crippen molar-refractivity contribution in [1.29, 1.82) is 0 Å². The van der Waals surface area contributed by atoms with Gasteiger partial charge in [-0.05, 0) is 19.7 Å². The average molecular weight is 270 g/mol. The summed E-state index contributed by atoms with van der Waals surface area (Å²) in [7, 11) is 4.08. The Morgan fingerprint density at radius 2 is 1.90 bits per heavy atom. The van der Waals surface area contributed by atoms with Crippen LogP contribution in [0.25, 0.3) is 11.3 Å². The number of nitrogens with one attached hydrogen (secondary N) is 1. The SMILES string of the molecule is CC(=O)Nc1cncc(-c2ccc(CN(C)C)cc2)n1. The number of benzene rings is 1. The Balaban J connectivity index is 2.20. The van der Waals surface area contributed by atoms with Crippen LogP contribution in [0.2, 0.25) is 0 Å². The summed E-state index contributed by atoms with van der Waals surface area (Å²) in [5.74, 6) is 0.310. The number of hydrogen-bond acceptors (Lipinski definition) is 4. The highest BCUT2D eigenvalue weighted by Crippen LogP contribution is 2.18. The van der Waals surface area contributed by atoms with Crippen LogP contribution >= 0.6 is 0 Å². The Morgan fingerprint density at radius 3 is 2.50 bits per heavy atom. The van der Waals surface area contributed by atoms with Crippen LogP contribution in [-0.2, 0) is 11.3 Å². The summed E-state index contributed by atoms with van der Waals surface area (Å²) >= 11 is 0. The average Bonchev–Trinajstić information content (AvgIpc) is 2.38. The van der Waals surface area contributed by atoms with Crippen molar-refractivity contribution >= 4 is 11.7 Å². The highest BCUT2D eigenvalue weighted by Gasteiger charge is 2.04. The molecule has 1 heterocycles. The molecule has 0 bridgehead atoms. The minimum atomic E-state index is -0.155. The van der Waals surface area contributed by atoms with Crippen LogP contribution in [0.3, 0.4) is 0 Å². The molecule has 0 radical (unpaired) electrons. The zero-order chi connectivity index (χ0) is 14.5. The first-order valence-corrected chi connectivity index (χ1v) is 6.38. The molecule has 1 aromatic heterocycles. The third-order valence-corrected chi connectivity index (χ3v) is 2.69. The van der Waals surface area contributed by atoms with Crippen LogP contribution in [0.4, 0.5) is 5.82 Å². The number of rotatable bonds is 4. The largest absolute Gasteiger partial charge is 0.310 e. The van der Waals surface area contributed by atoms with Crippen molar-refractivity contribution in [3.8, 4) is 11.3 Å². The van der Waals surface area contributed by atoms with E-state index in [1.807, 2.05) is 26.2 Å². The van der Waals surface area contributed by atoms with E-state index in [2.05, 4.69) is 32.3 Å².